The number of nitrogens with zero attached hydrogens (tertiary/aromatic N) is 1. The van der Waals surface area contributed by atoms with Crippen molar-refractivity contribution in [3.63, 3.8) is 0 Å². The van der Waals surface area contributed by atoms with Crippen LogP contribution in [0.2, 0.25) is 5.02 Å². The number of aryl methyl sites for hydroxylation is 1. The van der Waals surface area contributed by atoms with Crippen LogP contribution in [0.5, 0.6) is 5.75 Å². The SMILES string of the molecule is CCC1CCCCN1CCCOc1ccc(Cl)cc1C. The lowest BCUT2D eigenvalue weighted by molar-refractivity contribution is 0.134. The molecule has 1 aliphatic heterocycles. The van der Waals surface area contributed by atoms with Gasteiger partial charge in [-0.05, 0) is 62.9 Å². The third-order valence-corrected chi connectivity index (χ3v) is 4.44. The number of hydrogen-bond acceptors (Lipinski definition) is 2. The molecule has 2 rings (SSSR count). The maximum absolute atomic E-state index is 5.95. The standard InChI is InChI=1S/C17H26ClNO/c1-3-16-7-4-5-10-19(16)11-6-12-20-17-9-8-15(18)13-14(17)2/h8-9,13,16H,3-7,10-12H2,1-2H3. The molecule has 20 heavy (non-hydrogen) atoms. The van der Waals surface area contributed by atoms with E-state index in [9.17, 15) is 0 Å². The average molecular weight is 296 g/mol. The van der Waals surface area contributed by atoms with E-state index in [2.05, 4.69) is 11.8 Å². The van der Waals surface area contributed by atoms with Gasteiger partial charge in [-0.2, -0.15) is 0 Å². The molecule has 0 aromatic heterocycles. The van der Waals surface area contributed by atoms with Crippen molar-refractivity contribution in [2.24, 2.45) is 0 Å². The fraction of sp³-hybridized carbons (Fsp3) is 0.647. The lowest BCUT2D eigenvalue weighted by Gasteiger charge is -2.35. The summed E-state index contributed by atoms with van der Waals surface area (Å²) in [5.41, 5.74) is 1.11. The van der Waals surface area contributed by atoms with Crippen molar-refractivity contribution in [2.75, 3.05) is 19.7 Å². The molecule has 1 unspecified atom stereocenters. The highest BCUT2D eigenvalue weighted by Gasteiger charge is 2.19. The van der Waals surface area contributed by atoms with Gasteiger partial charge in [0.15, 0.2) is 0 Å². The van der Waals surface area contributed by atoms with Crippen molar-refractivity contribution in [2.45, 2.75) is 52.0 Å². The van der Waals surface area contributed by atoms with Gasteiger partial charge >= 0.3 is 0 Å². The summed E-state index contributed by atoms with van der Waals surface area (Å²) >= 11 is 5.95. The quantitative estimate of drug-likeness (QED) is 0.706. The molecule has 2 nitrogen and oxygen atoms in total. The largest absolute Gasteiger partial charge is 0.493 e. The predicted molar refractivity (Wildman–Crippen MR) is 85.8 cm³/mol. The molecule has 1 aromatic rings. The molecule has 0 spiro atoms. The molecule has 0 aliphatic carbocycles. The molecule has 3 heteroatoms. The normalized spacial score (nSPS) is 20.1. The van der Waals surface area contributed by atoms with Gasteiger partial charge in [-0.3, -0.25) is 0 Å². The Labute approximate surface area is 128 Å². The Bertz CT molecular complexity index is 421. The molecule has 1 aliphatic rings. The zero-order valence-electron chi connectivity index (χ0n) is 12.7. The average Bonchev–Trinajstić information content (AvgIpc) is 2.46. The number of piperidine rings is 1. The zero-order valence-corrected chi connectivity index (χ0v) is 13.5. The van der Waals surface area contributed by atoms with Gasteiger partial charge in [0.1, 0.15) is 5.75 Å². The van der Waals surface area contributed by atoms with E-state index < -0.39 is 0 Å². The second-order valence-electron chi connectivity index (χ2n) is 5.71. The molecule has 1 heterocycles. The molecule has 0 bridgehead atoms. The molecule has 0 saturated carbocycles. The van der Waals surface area contributed by atoms with Gasteiger partial charge in [-0.15, -0.1) is 0 Å². The maximum atomic E-state index is 5.95. The van der Waals surface area contributed by atoms with Crippen LogP contribution < -0.4 is 4.74 Å². The maximum Gasteiger partial charge on any atom is 0.122 e. The second-order valence-corrected chi connectivity index (χ2v) is 6.14. The number of hydrogen-bond donors (Lipinski definition) is 0. The molecule has 0 radical (unpaired) electrons. The van der Waals surface area contributed by atoms with E-state index in [0.717, 1.165) is 41.9 Å². The van der Waals surface area contributed by atoms with Crippen molar-refractivity contribution in [1.29, 1.82) is 0 Å². The highest BCUT2D eigenvalue weighted by Crippen LogP contribution is 2.22. The van der Waals surface area contributed by atoms with Gasteiger partial charge < -0.3 is 9.64 Å². The van der Waals surface area contributed by atoms with E-state index in [4.69, 9.17) is 16.3 Å². The molecular formula is C17H26ClNO. The molecule has 1 saturated heterocycles. The third-order valence-electron chi connectivity index (χ3n) is 4.20. The minimum Gasteiger partial charge on any atom is -0.493 e. The molecule has 1 fully saturated rings. The minimum absolute atomic E-state index is 0.772. The van der Waals surface area contributed by atoms with Crippen molar-refractivity contribution >= 4 is 11.6 Å². The molecule has 0 N–H and O–H groups in total. The highest BCUT2D eigenvalue weighted by molar-refractivity contribution is 6.30. The molecule has 1 aromatic carbocycles. The number of likely N-dealkylation sites (tertiary alicyclic amines) is 1. The summed E-state index contributed by atoms with van der Waals surface area (Å²) < 4.78 is 5.87. The van der Waals surface area contributed by atoms with E-state index >= 15 is 0 Å². The lowest BCUT2D eigenvalue weighted by atomic mass is 10.00. The van der Waals surface area contributed by atoms with Crippen molar-refractivity contribution in [3.8, 4) is 5.75 Å². The zero-order chi connectivity index (χ0) is 14.4. The first-order valence-corrected chi connectivity index (χ1v) is 8.21. The Balaban J connectivity index is 1.73. The first kappa shape index (κ1) is 15.7. The monoisotopic (exact) mass is 295 g/mol. The van der Waals surface area contributed by atoms with E-state index in [1.54, 1.807) is 0 Å². The topological polar surface area (TPSA) is 12.5 Å². The third kappa shape index (κ3) is 4.39. The summed E-state index contributed by atoms with van der Waals surface area (Å²) in [5.74, 6) is 0.958. The smallest absolute Gasteiger partial charge is 0.122 e. The lowest BCUT2D eigenvalue weighted by Crippen LogP contribution is -2.40. The van der Waals surface area contributed by atoms with E-state index in [1.807, 2.05) is 25.1 Å². The van der Waals surface area contributed by atoms with Gasteiger partial charge in [0.25, 0.3) is 0 Å². The summed E-state index contributed by atoms with van der Waals surface area (Å²) in [6.45, 7) is 7.55. The Hall–Kier alpha value is -0.730. The van der Waals surface area contributed by atoms with Gasteiger partial charge in [0, 0.05) is 17.6 Å². The first-order chi connectivity index (χ1) is 9.70. The predicted octanol–water partition coefficient (Wildman–Crippen LogP) is 4.68. The van der Waals surface area contributed by atoms with Gasteiger partial charge in [0.2, 0.25) is 0 Å². The molecule has 0 amide bonds. The van der Waals surface area contributed by atoms with Crippen LogP contribution in [0.25, 0.3) is 0 Å². The fourth-order valence-corrected chi connectivity index (χ4v) is 3.27. The summed E-state index contributed by atoms with van der Waals surface area (Å²) in [6.07, 6.45) is 6.49. The highest BCUT2D eigenvalue weighted by atomic mass is 35.5. The second kappa shape index (κ2) is 7.90. The van der Waals surface area contributed by atoms with Crippen LogP contribution >= 0.6 is 11.6 Å². The number of rotatable bonds is 6. The summed E-state index contributed by atoms with van der Waals surface area (Å²) in [5, 5.41) is 0.772. The number of halogens is 1. The van der Waals surface area contributed by atoms with Crippen LogP contribution in [-0.2, 0) is 0 Å². The summed E-state index contributed by atoms with van der Waals surface area (Å²) in [6, 6.07) is 6.60. The van der Waals surface area contributed by atoms with Crippen molar-refractivity contribution in [1.82, 2.24) is 4.90 Å². The Morgan fingerprint density at radius 1 is 1.35 bits per heavy atom. The number of ether oxygens (including phenoxy) is 1. The Morgan fingerprint density at radius 3 is 2.95 bits per heavy atom. The number of benzene rings is 1. The van der Waals surface area contributed by atoms with Gasteiger partial charge in [-0.1, -0.05) is 24.9 Å². The van der Waals surface area contributed by atoms with Crippen LogP contribution in [0.3, 0.4) is 0 Å². The van der Waals surface area contributed by atoms with Crippen molar-refractivity contribution in [3.05, 3.63) is 28.8 Å². The minimum atomic E-state index is 0.772. The van der Waals surface area contributed by atoms with Crippen LogP contribution in [0, 0.1) is 6.92 Å². The summed E-state index contributed by atoms with van der Waals surface area (Å²) in [4.78, 5) is 2.64. The van der Waals surface area contributed by atoms with Crippen LogP contribution in [0.4, 0.5) is 0 Å². The Morgan fingerprint density at radius 2 is 2.20 bits per heavy atom. The molecular weight excluding hydrogens is 270 g/mol. The summed E-state index contributed by atoms with van der Waals surface area (Å²) in [7, 11) is 0. The van der Waals surface area contributed by atoms with Gasteiger partial charge in [-0.25, -0.2) is 0 Å². The fourth-order valence-electron chi connectivity index (χ4n) is 3.04. The van der Waals surface area contributed by atoms with Crippen LogP contribution in [0.1, 0.15) is 44.6 Å². The molecule has 112 valence electrons. The van der Waals surface area contributed by atoms with E-state index in [-0.39, 0.29) is 0 Å². The van der Waals surface area contributed by atoms with Crippen LogP contribution in [0.15, 0.2) is 18.2 Å². The van der Waals surface area contributed by atoms with Gasteiger partial charge in [0.05, 0.1) is 6.61 Å². The first-order valence-electron chi connectivity index (χ1n) is 7.83. The van der Waals surface area contributed by atoms with Crippen LogP contribution in [-0.4, -0.2) is 30.6 Å². The Kier molecular flexibility index (Phi) is 6.18. The van der Waals surface area contributed by atoms with Crippen molar-refractivity contribution < 1.29 is 4.74 Å². The molecule has 1 atom stereocenters. The van der Waals surface area contributed by atoms with E-state index in [0.29, 0.717) is 0 Å². The van der Waals surface area contributed by atoms with E-state index in [1.165, 1.54) is 32.2 Å².